The lowest BCUT2D eigenvalue weighted by molar-refractivity contribution is 0.199. The number of nitrogens with zero attached hydrogens (tertiary/aromatic N) is 2. The third-order valence-electron chi connectivity index (χ3n) is 3.25. The van der Waals surface area contributed by atoms with E-state index in [4.69, 9.17) is 5.26 Å². The molecule has 3 nitrogen and oxygen atoms in total. The minimum absolute atomic E-state index is 0.501. The molecule has 2 rings (SSSR count). The molecule has 0 unspecified atom stereocenters. The highest BCUT2D eigenvalue weighted by molar-refractivity contribution is 5.58. The summed E-state index contributed by atoms with van der Waals surface area (Å²) >= 11 is 0. The molecule has 17 heavy (non-hydrogen) atoms. The van der Waals surface area contributed by atoms with Crippen molar-refractivity contribution in [3.8, 4) is 6.07 Å². The van der Waals surface area contributed by atoms with Crippen molar-refractivity contribution in [1.82, 2.24) is 0 Å². The molecule has 0 bridgehead atoms. The number of aliphatic hydroxyl groups is 1. The lowest BCUT2D eigenvalue weighted by Crippen LogP contribution is -2.22. The van der Waals surface area contributed by atoms with Gasteiger partial charge in [-0.2, -0.15) is 5.26 Å². The summed E-state index contributed by atoms with van der Waals surface area (Å²) in [6.45, 7) is 2.77. The molecule has 1 aliphatic rings. The van der Waals surface area contributed by atoms with Crippen molar-refractivity contribution in [2.24, 2.45) is 5.92 Å². The Kier molecular flexibility index (Phi) is 3.35. The van der Waals surface area contributed by atoms with E-state index in [9.17, 15) is 5.11 Å². The maximum Gasteiger partial charge on any atom is 0.0992 e. The van der Waals surface area contributed by atoms with Crippen LogP contribution in [0.25, 0.3) is 0 Å². The van der Waals surface area contributed by atoms with Gasteiger partial charge in [0.05, 0.1) is 17.7 Å². The number of aliphatic hydroxyl groups excluding tert-OH is 1. The average Bonchev–Trinajstić information content (AvgIpc) is 3.11. The van der Waals surface area contributed by atoms with Crippen LogP contribution in [0.4, 0.5) is 5.69 Å². The summed E-state index contributed by atoms with van der Waals surface area (Å²) in [6.07, 6.45) is 2.10. The molecule has 1 saturated carbocycles. The van der Waals surface area contributed by atoms with Gasteiger partial charge < -0.3 is 10.0 Å². The number of nitriles is 1. The van der Waals surface area contributed by atoms with Crippen molar-refractivity contribution in [2.75, 3.05) is 18.5 Å². The first-order valence-corrected chi connectivity index (χ1v) is 6.05. The van der Waals surface area contributed by atoms with Gasteiger partial charge in [0.15, 0.2) is 0 Å². The monoisotopic (exact) mass is 230 g/mol. The third-order valence-corrected chi connectivity index (χ3v) is 3.25. The maximum absolute atomic E-state index is 9.76. The van der Waals surface area contributed by atoms with Crippen molar-refractivity contribution in [2.45, 2.75) is 25.9 Å². The smallest absolute Gasteiger partial charge is 0.0992 e. The highest BCUT2D eigenvalue weighted by Crippen LogP contribution is 2.33. The van der Waals surface area contributed by atoms with E-state index in [1.165, 1.54) is 12.8 Å². The highest BCUT2D eigenvalue weighted by atomic mass is 16.3. The van der Waals surface area contributed by atoms with E-state index in [1.807, 2.05) is 19.2 Å². The van der Waals surface area contributed by atoms with Gasteiger partial charge in [0.2, 0.25) is 0 Å². The highest BCUT2D eigenvalue weighted by Gasteiger charge is 2.24. The molecule has 90 valence electrons. The summed E-state index contributed by atoms with van der Waals surface area (Å²) in [6, 6.07) is 7.62. The van der Waals surface area contributed by atoms with E-state index < -0.39 is 6.10 Å². The predicted molar refractivity (Wildman–Crippen MR) is 67.8 cm³/mol. The van der Waals surface area contributed by atoms with E-state index in [0.29, 0.717) is 5.56 Å². The molecular weight excluding hydrogens is 212 g/mol. The van der Waals surface area contributed by atoms with E-state index in [2.05, 4.69) is 11.0 Å². The second kappa shape index (κ2) is 4.77. The Morgan fingerprint density at radius 1 is 1.53 bits per heavy atom. The zero-order valence-electron chi connectivity index (χ0n) is 10.3. The van der Waals surface area contributed by atoms with Crippen LogP contribution >= 0.6 is 0 Å². The van der Waals surface area contributed by atoms with Crippen LogP contribution in [0.5, 0.6) is 0 Å². The Bertz CT molecular complexity index is 444. The van der Waals surface area contributed by atoms with Gasteiger partial charge in [0.25, 0.3) is 0 Å². The van der Waals surface area contributed by atoms with Crippen LogP contribution in [0, 0.1) is 17.2 Å². The second-order valence-electron chi connectivity index (χ2n) is 4.89. The van der Waals surface area contributed by atoms with Crippen molar-refractivity contribution in [3.63, 3.8) is 0 Å². The molecule has 0 radical (unpaired) electrons. The number of rotatable bonds is 4. The standard InChI is InChI=1S/C14H18N2O/c1-10(17)13-6-5-12(8-15)7-14(13)16(2)9-11-3-4-11/h5-7,10-11,17H,3-4,9H2,1-2H3/t10-/m1/s1. The third kappa shape index (κ3) is 2.78. The van der Waals surface area contributed by atoms with Gasteiger partial charge in [-0.25, -0.2) is 0 Å². The lowest BCUT2D eigenvalue weighted by Gasteiger charge is -2.23. The minimum Gasteiger partial charge on any atom is -0.389 e. The molecule has 0 aromatic heterocycles. The quantitative estimate of drug-likeness (QED) is 0.864. The Morgan fingerprint density at radius 2 is 2.24 bits per heavy atom. The Hall–Kier alpha value is -1.53. The average molecular weight is 230 g/mol. The Balaban J connectivity index is 2.29. The summed E-state index contributed by atoms with van der Waals surface area (Å²) < 4.78 is 0. The van der Waals surface area contributed by atoms with Gasteiger partial charge in [-0.3, -0.25) is 0 Å². The topological polar surface area (TPSA) is 47.3 Å². The van der Waals surface area contributed by atoms with Crippen molar-refractivity contribution in [3.05, 3.63) is 29.3 Å². The molecule has 1 fully saturated rings. The molecule has 0 aliphatic heterocycles. The first kappa shape index (κ1) is 11.9. The largest absolute Gasteiger partial charge is 0.389 e. The first-order valence-electron chi connectivity index (χ1n) is 6.05. The molecule has 0 saturated heterocycles. The van der Waals surface area contributed by atoms with Crippen LogP contribution in [0.1, 0.15) is 37.0 Å². The predicted octanol–water partition coefficient (Wildman–Crippen LogP) is 2.46. The van der Waals surface area contributed by atoms with Gasteiger partial charge >= 0.3 is 0 Å². The summed E-state index contributed by atoms with van der Waals surface area (Å²) in [5.74, 6) is 0.785. The fourth-order valence-electron chi connectivity index (χ4n) is 2.08. The van der Waals surface area contributed by atoms with E-state index in [-0.39, 0.29) is 0 Å². The van der Waals surface area contributed by atoms with Crippen LogP contribution in [-0.2, 0) is 0 Å². The lowest BCUT2D eigenvalue weighted by atomic mass is 10.0. The fourth-order valence-corrected chi connectivity index (χ4v) is 2.08. The van der Waals surface area contributed by atoms with Gasteiger partial charge in [-0.1, -0.05) is 6.07 Å². The zero-order valence-corrected chi connectivity index (χ0v) is 10.3. The van der Waals surface area contributed by atoms with E-state index >= 15 is 0 Å². The summed E-state index contributed by atoms with van der Waals surface area (Å²) in [5.41, 5.74) is 2.52. The summed E-state index contributed by atoms with van der Waals surface area (Å²) in [5, 5.41) is 18.7. The summed E-state index contributed by atoms with van der Waals surface area (Å²) in [7, 11) is 2.03. The maximum atomic E-state index is 9.76. The molecule has 0 amide bonds. The van der Waals surface area contributed by atoms with Gasteiger partial charge in [0.1, 0.15) is 0 Å². The van der Waals surface area contributed by atoms with Gasteiger partial charge in [-0.15, -0.1) is 0 Å². The number of benzene rings is 1. The van der Waals surface area contributed by atoms with Crippen LogP contribution in [-0.4, -0.2) is 18.7 Å². The molecule has 1 aromatic carbocycles. The molecule has 1 aromatic rings. The Morgan fingerprint density at radius 3 is 2.76 bits per heavy atom. The van der Waals surface area contributed by atoms with Crippen LogP contribution < -0.4 is 4.90 Å². The molecular formula is C14H18N2O. The number of hydrogen-bond acceptors (Lipinski definition) is 3. The number of hydrogen-bond donors (Lipinski definition) is 1. The molecule has 3 heteroatoms. The van der Waals surface area contributed by atoms with Crippen LogP contribution in [0.3, 0.4) is 0 Å². The SMILES string of the molecule is C[C@@H](O)c1ccc(C#N)cc1N(C)CC1CC1. The van der Waals surface area contributed by atoms with Crippen molar-refractivity contribution < 1.29 is 5.11 Å². The van der Waals surface area contributed by atoms with Crippen molar-refractivity contribution in [1.29, 1.82) is 5.26 Å². The molecule has 1 atom stereocenters. The number of anilines is 1. The van der Waals surface area contributed by atoms with Crippen molar-refractivity contribution >= 4 is 5.69 Å². The molecule has 1 N–H and O–H groups in total. The molecule has 0 spiro atoms. The van der Waals surface area contributed by atoms with Crippen LogP contribution in [0.2, 0.25) is 0 Å². The first-order chi connectivity index (χ1) is 8.11. The normalized spacial score (nSPS) is 16.4. The molecule has 1 aliphatic carbocycles. The molecule has 0 heterocycles. The minimum atomic E-state index is -0.501. The van der Waals surface area contributed by atoms with Gasteiger partial charge in [-0.05, 0) is 37.8 Å². The zero-order chi connectivity index (χ0) is 12.4. The summed E-state index contributed by atoms with van der Waals surface area (Å²) in [4.78, 5) is 2.15. The van der Waals surface area contributed by atoms with E-state index in [0.717, 1.165) is 23.7 Å². The van der Waals surface area contributed by atoms with Gasteiger partial charge in [0, 0.05) is 24.8 Å². The second-order valence-corrected chi connectivity index (χ2v) is 4.89. The van der Waals surface area contributed by atoms with Crippen LogP contribution in [0.15, 0.2) is 18.2 Å². The van der Waals surface area contributed by atoms with E-state index in [1.54, 1.807) is 13.0 Å². The Labute approximate surface area is 102 Å². The fraction of sp³-hybridized carbons (Fsp3) is 0.500.